The van der Waals surface area contributed by atoms with Gasteiger partial charge in [-0.15, -0.1) is 0 Å². The highest BCUT2D eigenvalue weighted by molar-refractivity contribution is 7.92. The minimum absolute atomic E-state index is 0.216. The zero-order valence-corrected chi connectivity index (χ0v) is 13.3. The first kappa shape index (κ1) is 17.0. The zero-order chi connectivity index (χ0) is 14.8. The van der Waals surface area contributed by atoms with E-state index < -0.39 is 10.0 Å². The molecule has 0 radical (unpaired) electrons. The van der Waals surface area contributed by atoms with Crippen molar-refractivity contribution in [2.75, 3.05) is 30.2 Å². The van der Waals surface area contributed by atoms with E-state index in [0.717, 1.165) is 31.5 Å². The molecule has 0 spiro atoms. The Bertz CT molecular complexity index is 460. The van der Waals surface area contributed by atoms with Gasteiger partial charge in [-0.05, 0) is 45.0 Å². The van der Waals surface area contributed by atoms with Gasteiger partial charge >= 0.3 is 0 Å². The predicted molar refractivity (Wildman–Crippen MR) is 85.6 cm³/mol. The number of para-hydroxylation sites is 1. The minimum atomic E-state index is -3.22. The maximum atomic E-state index is 12.5. The average molecular weight is 298 g/mol. The first-order chi connectivity index (χ1) is 9.61. The molecule has 1 N–H and O–H groups in total. The van der Waals surface area contributed by atoms with Crippen molar-refractivity contribution in [3.8, 4) is 0 Å². The molecule has 0 aliphatic heterocycles. The maximum absolute atomic E-state index is 12.5. The van der Waals surface area contributed by atoms with Gasteiger partial charge < -0.3 is 5.32 Å². The van der Waals surface area contributed by atoms with Crippen molar-refractivity contribution in [3.63, 3.8) is 0 Å². The van der Waals surface area contributed by atoms with Crippen molar-refractivity contribution in [2.45, 2.75) is 32.6 Å². The largest absolute Gasteiger partial charge is 0.320 e. The normalized spacial score (nSPS) is 11.5. The van der Waals surface area contributed by atoms with E-state index in [4.69, 9.17) is 0 Å². The lowest BCUT2D eigenvalue weighted by atomic mass is 10.3. The van der Waals surface area contributed by atoms with Crippen molar-refractivity contribution in [1.82, 2.24) is 5.32 Å². The summed E-state index contributed by atoms with van der Waals surface area (Å²) in [5, 5.41) is 3.04. The van der Waals surface area contributed by atoms with Crippen LogP contribution in [-0.2, 0) is 10.0 Å². The quantitative estimate of drug-likeness (QED) is 0.676. The van der Waals surface area contributed by atoms with E-state index >= 15 is 0 Å². The Morgan fingerprint density at radius 2 is 1.80 bits per heavy atom. The van der Waals surface area contributed by atoms with Crippen molar-refractivity contribution in [2.24, 2.45) is 0 Å². The summed E-state index contributed by atoms with van der Waals surface area (Å²) < 4.78 is 26.6. The molecule has 1 aromatic rings. The summed E-state index contributed by atoms with van der Waals surface area (Å²) in [6, 6.07) is 9.39. The molecule has 0 unspecified atom stereocenters. The number of hydrogen-bond acceptors (Lipinski definition) is 3. The van der Waals surface area contributed by atoms with Crippen LogP contribution in [0.2, 0.25) is 0 Å². The van der Waals surface area contributed by atoms with Crippen LogP contribution in [0.3, 0.4) is 0 Å². The van der Waals surface area contributed by atoms with E-state index in [1.807, 2.05) is 37.4 Å². The van der Waals surface area contributed by atoms with E-state index in [1.54, 1.807) is 4.31 Å². The molecule has 114 valence electrons. The molecule has 0 aromatic heterocycles. The smallest absolute Gasteiger partial charge is 0.235 e. The lowest BCUT2D eigenvalue weighted by Gasteiger charge is -2.24. The molecule has 4 nitrogen and oxygen atoms in total. The van der Waals surface area contributed by atoms with Gasteiger partial charge in [0.25, 0.3) is 0 Å². The number of benzene rings is 1. The Balaban J connectivity index is 2.76. The van der Waals surface area contributed by atoms with Gasteiger partial charge in [-0.3, -0.25) is 4.31 Å². The van der Waals surface area contributed by atoms with Gasteiger partial charge in [0.2, 0.25) is 10.0 Å². The predicted octanol–water partition coefficient (Wildman–Crippen LogP) is 2.62. The summed E-state index contributed by atoms with van der Waals surface area (Å²) in [4.78, 5) is 0. The number of sulfonamides is 1. The summed E-state index contributed by atoms with van der Waals surface area (Å²) in [7, 11) is -1.34. The maximum Gasteiger partial charge on any atom is 0.235 e. The molecule has 1 aromatic carbocycles. The highest BCUT2D eigenvalue weighted by Crippen LogP contribution is 2.19. The van der Waals surface area contributed by atoms with E-state index in [2.05, 4.69) is 12.2 Å². The number of rotatable bonds is 10. The summed E-state index contributed by atoms with van der Waals surface area (Å²) in [5.41, 5.74) is 0.773. The molecule has 0 aliphatic carbocycles. The van der Waals surface area contributed by atoms with Gasteiger partial charge in [-0.25, -0.2) is 8.42 Å². The molecule has 0 bridgehead atoms. The average Bonchev–Trinajstić information content (AvgIpc) is 2.45. The van der Waals surface area contributed by atoms with Crippen LogP contribution in [0, 0.1) is 0 Å². The molecular formula is C15H26N2O2S. The van der Waals surface area contributed by atoms with Crippen LogP contribution in [-0.4, -0.2) is 34.3 Å². The van der Waals surface area contributed by atoms with Crippen molar-refractivity contribution < 1.29 is 8.42 Å². The molecule has 0 saturated carbocycles. The summed E-state index contributed by atoms with van der Waals surface area (Å²) >= 11 is 0. The summed E-state index contributed by atoms with van der Waals surface area (Å²) in [6.07, 6.45) is 3.44. The van der Waals surface area contributed by atoms with Gasteiger partial charge in [0.05, 0.1) is 11.4 Å². The van der Waals surface area contributed by atoms with E-state index in [-0.39, 0.29) is 5.75 Å². The third kappa shape index (κ3) is 5.51. The number of nitrogens with one attached hydrogen (secondary N) is 1. The fraction of sp³-hybridized carbons (Fsp3) is 0.600. The van der Waals surface area contributed by atoms with Crippen LogP contribution in [0.15, 0.2) is 30.3 Å². The van der Waals surface area contributed by atoms with Gasteiger partial charge in [0.15, 0.2) is 0 Å². The second-order valence-corrected chi connectivity index (χ2v) is 6.90. The lowest BCUT2D eigenvalue weighted by Crippen LogP contribution is -2.34. The topological polar surface area (TPSA) is 49.4 Å². The minimum Gasteiger partial charge on any atom is -0.320 e. The zero-order valence-electron chi connectivity index (χ0n) is 12.5. The second-order valence-electron chi connectivity index (χ2n) is 4.89. The highest BCUT2D eigenvalue weighted by atomic mass is 32.2. The van der Waals surface area contributed by atoms with E-state index in [0.29, 0.717) is 13.0 Å². The molecule has 5 heteroatoms. The fourth-order valence-electron chi connectivity index (χ4n) is 2.02. The van der Waals surface area contributed by atoms with Crippen molar-refractivity contribution in [1.29, 1.82) is 0 Å². The highest BCUT2D eigenvalue weighted by Gasteiger charge is 2.21. The van der Waals surface area contributed by atoms with Crippen molar-refractivity contribution in [3.05, 3.63) is 30.3 Å². The van der Waals surface area contributed by atoms with E-state index in [1.165, 1.54) is 0 Å². The molecular weight excluding hydrogens is 272 g/mol. The van der Waals surface area contributed by atoms with Gasteiger partial charge in [-0.1, -0.05) is 31.5 Å². The van der Waals surface area contributed by atoms with Crippen LogP contribution in [0.4, 0.5) is 5.69 Å². The van der Waals surface area contributed by atoms with Gasteiger partial charge in [0.1, 0.15) is 0 Å². The Morgan fingerprint density at radius 3 is 2.40 bits per heavy atom. The number of unbranched alkanes of at least 4 members (excludes halogenated alkanes) is 2. The second kappa shape index (κ2) is 8.97. The van der Waals surface area contributed by atoms with Crippen LogP contribution in [0.1, 0.15) is 32.6 Å². The van der Waals surface area contributed by atoms with Gasteiger partial charge in [-0.2, -0.15) is 0 Å². The lowest BCUT2D eigenvalue weighted by molar-refractivity contribution is 0.583. The monoisotopic (exact) mass is 298 g/mol. The molecule has 0 fully saturated rings. The molecule has 0 atom stereocenters. The van der Waals surface area contributed by atoms with Crippen LogP contribution < -0.4 is 9.62 Å². The molecule has 0 heterocycles. The first-order valence-electron chi connectivity index (χ1n) is 7.32. The summed E-state index contributed by atoms with van der Waals surface area (Å²) in [5.74, 6) is 0.216. The standard InChI is InChI=1S/C15H26N2O2S/c1-3-4-13-17(15-10-6-5-7-11-15)20(18,19)14-9-8-12-16-2/h5-7,10-11,16H,3-4,8-9,12-14H2,1-2H3. The molecule has 20 heavy (non-hydrogen) atoms. The molecule has 1 rings (SSSR count). The number of hydrogen-bond donors (Lipinski definition) is 1. The Labute approximate surface area is 123 Å². The molecule has 0 aliphatic rings. The SMILES string of the molecule is CCCCN(c1ccccc1)S(=O)(=O)CCCCNC. The summed E-state index contributed by atoms with van der Waals surface area (Å²) in [6.45, 7) is 3.49. The Morgan fingerprint density at radius 1 is 1.10 bits per heavy atom. The van der Waals surface area contributed by atoms with Gasteiger partial charge in [0, 0.05) is 6.54 Å². The third-order valence-corrected chi connectivity index (χ3v) is 5.04. The third-order valence-electron chi connectivity index (χ3n) is 3.17. The number of anilines is 1. The Hall–Kier alpha value is -1.07. The van der Waals surface area contributed by atoms with Crippen LogP contribution in [0.25, 0.3) is 0 Å². The van der Waals surface area contributed by atoms with Crippen LogP contribution >= 0.6 is 0 Å². The Kier molecular flexibility index (Phi) is 7.62. The fourth-order valence-corrected chi connectivity index (χ4v) is 3.66. The molecule has 0 amide bonds. The number of nitrogens with zero attached hydrogens (tertiary/aromatic N) is 1. The first-order valence-corrected chi connectivity index (χ1v) is 8.92. The van der Waals surface area contributed by atoms with Crippen LogP contribution in [0.5, 0.6) is 0 Å². The van der Waals surface area contributed by atoms with Crippen molar-refractivity contribution >= 4 is 15.7 Å². The van der Waals surface area contributed by atoms with E-state index in [9.17, 15) is 8.42 Å². The molecule has 0 saturated heterocycles.